The van der Waals surface area contributed by atoms with Crippen molar-refractivity contribution >= 4 is 11.6 Å². The van der Waals surface area contributed by atoms with E-state index in [4.69, 9.17) is 0 Å². The second kappa shape index (κ2) is 4.25. The summed E-state index contributed by atoms with van der Waals surface area (Å²) in [4.78, 5) is 26.1. The van der Waals surface area contributed by atoms with E-state index in [0.717, 1.165) is 17.5 Å². The van der Waals surface area contributed by atoms with E-state index < -0.39 is 11.3 Å². The second-order valence-electron chi connectivity index (χ2n) is 6.04. The highest BCUT2D eigenvalue weighted by molar-refractivity contribution is 5.80. The Bertz CT molecular complexity index is 768. The molecule has 0 unspecified atom stereocenters. The van der Waals surface area contributed by atoms with Crippen molar-refractivity contribution in [3.8, 4) is 0 Å². The number of β-amino-alcohol motifs (C(OH)–C–C–N with tert-alkyl or cyclic N) is 1. The molecule has 1 N–H and O–H groups in total. The maximum atomic E-state index is 12.2. The Morgan fingerprint density at radius 1 is 1.38 bits per heavy atom. The lowest BCUT2D eigenvalue weighted by Gasteiger charge is -2.46. The molecule has 2 aromatic heterocycles. The van der Waals surface area contributed by atoms with E-state index >= 15 is 0 Å². The summed E-state index contributed by atoms with van der Waals surface area (Å²) in [5, 5.41) is 14.3. The zero-order valence-corrected chi connectivity index (χ0v) is 11.5. The monoisotopic (exact) mass is 288 g/mol. The molecule has 7 heteroatoms. The van der Waals surface area contributed by atoms with Crippen LogP contribution in [0.25, 0.3) is 5.65 Å². The summed E-state index contributed by atoms with van der Waals surface area (Å²) in [5.74, 6) is 0.0308. The van der Waals surface area contributed by atoms with Gasteiger partial charge in [0.1, 0.15) is 0 Å². The second-order valence-corrected chi connectivity index (χ2v) is 6.04. The van der Waals surface area contributed by atoms with Crippen molar-refractivity contribution in [2.24, 2.45) is 5.92 Å². The number of nitrogens with zero attached hydrogens (tertiary/aromatic N) is 4. The number of hydrogen-bond acceptors (Lipinski definition) is 5. The van der Waals surface area contributed by atoms with E-state index in [2.05, 4.69) is 5.10 Å². The van der Waals surface area contributed by atoms with Gasteiger partial charge in [0.25, 0.3) is 5.91 Å². The maximum absolute atomic E-state index is 12.2. The lowest BCUT2D eigenvalue weighted by Crippen LogP contribution is -2.64. The standard InChI is InChI=1S/C14H16N4O3/c19-12(7-16-8-14(21,9-16)10-4-5-10)18-13(20)17-6-2-1-3-11(17)15-18/h1-3,6,10,21H,4-5,7-9H2. The molecule has 0 bridgehead atoms. The molecular formula is C14H16N4O3. The van der Waals surface area contributed by atoms with Gasteiger partial charge in [0.15, 0.2) is 5.65 Å². The summed E-state index contributed by atoms with van der Waals surface area (Å²) < 4.78 is 2.25. The number of carbonyl (C=O) groups excluding carboxylic acids is 1. The maximum Gasteiger partial charge on any atom is 0.357 e. The van der Waals surface area contributed by atoms with E-state index in [-0.39, 0.29) is 12.5 Å². The van der Waals surface area contributed by atoms with Crippen molar-refractivity contribution in [2.75, 3.05) is 19.6 Å². The third-order valence-electron chi connectivity index (χ3n) is 4.36. The van der Waals surface area contributed by atoms with Crippen LogP contribution in [0.4, 0.5) is 0 Å². The van der Waals surface area contributed by atoms with Crippen LogP contribution in [0.15, 0.2) is 29.2 Å². The van der Waals surface area contributed by atoms with E-state index in [0.29, 0.717) is 24.7 Å². The molecule has 0 spiro atoms. The van der Waals surface area contributed by atoms with Crippen molar-refractivity contribution in [1.29, 1.82) is 0 Å². The molecule has 110 valence electrons. The average molecular weight is 288 g/mol. The fourth-order valence-corrected chi connectivity index (χ4v) is 3.06. The summed E-state index contributed by atoms with van der Waals surface area (Å²) in [5.41, 5.74) is -0.619. The number of pyridine rings is 1. The fraction of sp³-hybridized carbons (Fsp3) is 0.500. The minimum absolute atomic E-state index is 0.110. The van der Waals surface area contributed by atoms with Gasteiger partial charge in [0.05, 0.1) is 12.1 Å². The third kappa shape index (κ3) is 2.00. The number of rotatable bonds is 3. The topological polar surface area (TPSA) is 79.8 Å². The molecule has 0 atom stereocenters. The SMILES string of the molecule is O=C(CN1CC(O)(C2CC2)C1)n1nc2ccccn2c1=O. The Hall–Kier alpha value is -1.99. The van der Waals surface area contributed by atoms with Crippen LogP contribution in [0.5, 0.6) is 0 Å². The molecule has 0 aromatic carbocycles. The molecule has 0 radical (unpaired) electrons. The predicted octanol–water partition coefficient (Wildman–Crippen LogP) is -0.407. The third-order valence-corrected chi connectivity index (χ3v) is 4.36. The van der Waals surface area contributed by atoms with Crippen LogP contribution in [0, 0.1) is 5.92 Å². The minimum Gasteiger partial charge on any atom is -0.387 e. The smallest absolute Gasteiger partial charge is 0.357 e. The molecule has 2 aromatic rings. The van der Waals surface area contributed by atoms with Crippen LogP contribution < -0.4 is 5.69 Å². The Labute approximate surface area is 120 Å². The summed E-state index contributed by atoms with van der Waals surface area (Å²) in [6.45, 7) is 1.12. The first kappa shape index (κ1) is 12.7. The summed E-state index contributed by atoms with van der Waals surface area (Å²) in [7, 11) is 0. The quantitative estimate of drug-likeness (QED) is 0.831. The Morgan fingerprint density at radius 3 is 2.81 bits per heavy atom. The van der Waals surface area contributed by atoms with Crippen LogP contribution in [-0.2, 0) is 0 Å². The molecule has 1 aliphatic carbocycles. The number of likely N-dealkylation sites (tertiary alicyclic amines) is 1. The van der Waals surface area contributed by atoms with Gasteiger partial charge in [-0.2, -0.15) is 0 Å². The molecule has 7 nitrogen and oxygen atoms in total. The van der Waals surface area contributed by atoms with Gasteiger partial charge in [-0.3, -0.25) is 9.69 Å². The van der Waals surface area contributed by atoms with E-state index in [1.165, 1.54) is 4.40 Å². The van der Waals surface area contributed by atoms with Gasteiger partial charge in [0.2, 0.25) is 0 Å². The summed E-state index contributed by atoms with van der Waals surface area (Å²) >= 11 is 0. The largest absolute Gasteiger partial charge is 0.387 e. The molecular weight excluding hydrogens is 272 g/mol. The van der Waals surface area contributed by atoms with Crippen LogP contribution in [0.3, 0.4) is 0 Å². The first-order chi connectivity index (χ1) is 10.1. The van der Waals surface area contributed by atoms with Crippen LogP contribution in [0.2, 0.25) is 0 Å². The van der Waals surface area contributed by atoms with Gasteiger partial charge in [-0.15, -0.1) is 9.78 Å². The van der Waals surface area contributed by atoms with Crippen LogP contribution in [0.1, 0.15) is 17.6 Å². The lowest BCUT2D eigenvalue weighted by atomic mass is 9.89. The molecule has 0 amide bonds. The Kier molecular flexibility index (Phi) is 2.58. The zero-order valence-electron chi connectivity index (χ0n) is 11.5. The number of hydrogen-bond donors (Lipinski definition) is 1. The highest BCUT2D eigenvalue weighted by Gasteiger charge is 2.52. The van der Waals surface area contributed by atoms with Crippen molar-refractivity contribution in [1.82, 2.24) is 19.1 Å². The molecule has 3 heterocycles. The van der Waals surface area contributed by atoms with Crippen molar-refractivity contribution in [3.63, 3.8) is 0 Å². The zero-order chi connectivity index (χ0) is 14.6. The van der Waals surface area contributed by atoms with Gasteiger partial charge in [-0.1, -0.05) is 6.07 Å². The Morgan fingerprint density at radius 2 is 2.14 bits per heavy atom. The normalized spacial score (nSPS) is 21.4. The number of aromatic nitrogens is 3. The highest BCUT2D eigenvalue weighted by atomic mass is 16.3. The molecule has 1 saturated heterocycles. The molecule has 2 fully saturated rings. The fourth-order valence-electron chi connectivity index (χ4n) is 3.06. The molecule has 2 aliphatic rings. The van der Waals surface area contributed by atoms with Gasteiger partial charge in [0, 0.05) is 19.3 Å². The summed E-state index contributed by atoms with van der Waals surface area (Å²) in [6, 6.07) is 5.17. The first-order valence-corrected chi connectivity index (χ1v) is 7.11. The number of aliphatic hydroxyl groups is 1. The van der Waals surface area contributed by atoms with Gasteiger partial charge in [-0.05, 0) is 30.9 Å². The van der Waals surface area contributed by atoms with Gasteiger partial charge >= 0.3 is 5.69 Å². The molecule has 4 rings (SSSR count). The predicted molar refractivity (Wildman–Crippen MR) is 74.2 cm³/mol. The number of carbonyl (C=O) groups is 1. The first-order valence-electron chi connectivity index (χ1n) is 7.11. The van der Waals surface area contributed by atoms with Gasteiger partial charge < -0.3 is 5.11 Å². The Balaban J connectivity index is 1.50. The van der Waals surface area contributed by atoms with Crippen molar-refractivity contribution in [2.45, 2.75) is 18.4 Å². The van der Waals surface area contributed by atoms with Crippen LogP contribution in [-0.4, -0.2) is 55.3 Å². The van der Waals surface area contributed by atoms with Crippen molar-refractivity contribution < 1.29 is 9.90 Å². The van der Waals surface area contributed by atoms with Gasteiger partial charge in [-0.25, -0.2) is 9.20 Å². The lowest BCUT2D eigenvalue weighted by molar-refractivity contribution is -0.109. The van der Waals surface area contributed by atoms with Crippen LogP contribution >= 0.6 is 0 Å². The minimum atomic E-state index is -0.621. The molecule has 1 aliphatic heterocycles. The average Bonchev–Trinajstić information content (AvgIpc) is 3.23. The number of fused-ring (bicyclic) bond motifs is 1. The van der Waals surface area contributed by atoms with Crippen molar-refractivity contribution in [3.05, 3.63) is 34.9 Å². The molecule has 21 heavy (non-hydrogen) atoms. The molecule has 1 saturated carbocycles. The summed E-state index contributed by atoms with van der Waals surface area (Å²) in [6.07, 6.45) is 3.73. The van der Waals surface area contributed by atoms with E-state index in [1.54, 1.807) is 24.4 Å². The van der Waals surface area contributed by atoms with E-state index in [1.807, 2.05) is 4.90 Å². The highest BCUT2D eigenvalue weighted by Crippen LogP contribution is 2.44. The van der Waals surface area contributed by atoms with E-state index in [9.17, 15) is 14.7 Å².